The summed E-state index contributed by atoms with van der Waals surface area (Å²) >= 11 is 0. The second kappa shape index (κ2) is 11.7. The highest BCUT2D eigenvalue weighted by atomic mass is 16.5. The first-order chi connectivity index (χ1) is 14.0. The summed E-state index contributed by atoms with van der Waals surface area (Å²) in [5, 5.41) is 2.90. The molecule has 0 saturated heterocycles. The van der Waals surface area contributed by atoms with Gasteiger partial charge in [-0.3, -0.25) is 14.5 Å². The lowest BCUT2D eigenvalue weighted by Gasteiger charge is -2.21. The van der Waals surface area contributed by atoms with Crippen molar-refractivity contribution in [2.75, 3.05) is 41.0 Å². The molecule has 0 spiro atoms. The van der Waals surface area contributed by atoms with Gasteiger partial charge in [-0.25, -0.2) is 0 Å². The van der Waals surface area contributed by atoms with Crippen LogP contribution >= 0.6 is 0 Å². The number of carbonyl (C=O) groups is 2. The Morgan fingerprint density at radius 3 is 2.14 bits per heavy atom. The Hall–Kier alpha value is -3.06. The van der Waals surface area contributed by atoms with Crippen molar-refractivity contribution in [2.45, 2.75) is 13.0 Å². The zero-order chi connectivity index (χ0) is 21.1. The molecule has 2 aromatic rings. The number of benzene rings is 2. The monoisotopic (exact) mass is 400 g/mol. The standard InChI is InChI=1S/C22H28N2O5/c1-27-19-11-18(12-20(13-19)28-2)14-24(16-22(26)29-3)15-21(25)23-10-9-17-7-5-4-6-8-17/h4-8,11-13H,9-10,14-16H2,1-3H3,(H,23,25). The Morgan fingerprint density at radius 1 is 0.897 bits per heavy atom. The van der Waals surface area contributed by atoms with Gasteiger partial charge in [-0.2, -0.15) is 0 Å². The van der Waals surface area contributed by atoms with E-state index in [0.717, 1.165) is 17.5 Å². The number of esters is 1. The van der Waals surface area contributed by atoms with E-state index in [9.17, 15) is 9.59 Å². The molecule has 0 fully saturated rings. The lowest BCUT2D eigenvalue weighted by atomic mass is 10.1. The van der Waals surface area contributed by atoms with E-state index >= 15 is 0 Å². The van der Waals surface area contributed by atoms with E-state index in [1.165, 1.54) is 7.11 Å². The predicted octanol–water partition coefficient (Wildman–Crippen LogP) is 2.04. The van der Waals surface area contributed by atoms with Crippen LogP contribution in [0, 0.1) is 0 Å². The van der Waals surface area contributed by atoms with E-state index in [0.29, 0.717) is 24.6 Å². The van der Waals surface area contributed by atoms with Gasteiger partial charge < -0.3 is 19.5 Å². The highest BCUT2D eigenvalue weighted by Gasteiger charge is 2.16. The number of ether oxygens (including phenoxy) is 3. The minimum atomic E-state index is -0.406. The molecule has 2 rings (SSSR count). The summed E-state index contributed by atoms with van der Waals surface area (Å²) < 4.78 is 15.3. The molecular weight excluding hydrogens is 372 g/mol. The summed E-state index contributed by atoms with van der Waals surface area (Å²) in [6.45, 7) is 0.974. The van der Waals surface area contributed by atoms with Crippen LogP contribution in [0.3, 0.4) is 0 Å². The SMILES string of the molecule is COC(=O)CN(CC(=O)NCCc1ccccc1)Cc1cc(OC)cc(OC)c1. The van der Waals surface area contributed by atoms with E-state index in [2.05, 4.69) is 5.32 Å². The van der Waals surface area contributed by atoms with Crippen LogP contribution in [-0.4, -0.2) is 57.7 Å². The third kappa shape index (κ3) is 7.83. The Bertz CT molecular complexity index is 773. The highest BCUT2D eigenvalue weighted by Crippen LogP contribution is 2.23. The van der Waals surface area contributed by atoms with Crippen LogP contribution in [0.4, 0.5) is 0 Å². The van der Waals surface area contributed by atoms with E-state index in [4.69, 9.17) is 14.2 Å². The number of rotatable bonds is 11. The second-order valence-electron chi connectivity index (χ2n) is 6.53. The molecule has 0 atom stereocenters. The van der Waals surface area contributed by atoms with Gasteiger partial charge in [-0.15, -0.1) is 0 Å². The van der Waals surface area contributed by atoms with Crippen molar-refractivity contribution in [1.82, 2.24) is 10.2 Å². The molecule has 0 aliphatic heterocycles. The van der Waals surface area contributed by atoms with Crippen molar-refractivity contribution in [1.29, 1.82) is 0 Å². The summed E-state index contributed by atoms with van der Waals surface area (Å²) in [6.07, 6.45) is 0.747. The highest BCUT2D eigenvalue weighted by molar-refractivity contribution is 5.79. The normalized spacial score (nSPS) is 10.5. The lowest BCUT2D eigenvalue weighted by Crippen LogP contribution is -2.40. The molecule has 0 aromatic heterocycles. The van der Waals surface area contributed by atoms with Crippen LogP contribution < -0.4 is 14.8 Å². The fourth-order valence-corrected chi connectivity index (χ4v) is 2.88. The van der Waals surface area contributed by atoms with Gasteiger partial charge in [0.05, 0.1) is 34.4 Å². The van der Waals surface area contributed by atoms with Gasteiger partial charge in [0.2, 0.25) is 5.91 Å². The maximum atomic E-state index is 12.4. The van der Waals surface area contributed by atoms with Gasteiger partial charge in [0.25, 0.3) is 0 Å². The first-order valence-corrected chi connectivity index (χ1v) is 9.35. The predicted molar refractivity (Wildman–Crippen MR) is 110 cm³/mol. The molecule has 0 saturated carbocycles. The molecular formula is C22H28N2O5. The van der Waals surface area contributed by atoms with Crippen LogP contribution in [0.1, 0.15) is 11.1 Å². The summed E-state index contributed by atoms with van der Waals surface area (Å²) in [6, 6.07) is 15.4. The van der Waals surface area contributed by atoms with Gasteiger partial charge in [0.1, 0.15) is 11.5 Å². The number of hydrogen-bond acceptors (Lipinski definition) is 6. The molecule has 0 heterocycles. The van der Waals surface area contributed by atoms with Crippen molar-refractivity contribution in [3.63, 3.8) is 0 Å². The van der Waals surface area contributed by atoms with Gasteiger partial charge in [0, 0.05) is 19.2 Å². The average molecular weight is 400 g/mol. The molecule has 0 aliphatic carbocycles. The molecule has 2 aromatic carbocycles. The van der Waals surface area contributed by atoms with Crippen molar-refractivity contribution in [2.24, 2.45) is 0 Å². The molecule has 29 heavy (non-hydrogen) atoms. The number of methoxy groups -OCH3 is 3. The topological polar surface area (TPSA) is 77.1 Å². The smallest absolute Gasteiger partial charge is 0.319 e. The second-order valence-corrected chi connectivity index (χ2v) is 6.53. The molecule has 156 valence electrons. The van der Waals surface area contributed by atoms with Crippen LogP contribution in [0.5, 0.6) is 11.5 Å². The third-order valence-corrected chi connectivity index (χ3v) is 4.34. The van der Waals surface area contributed by atoms with Crippen LogP contribution in [0.25, 0.3) is 0 Å². The van der Waals surface area contributed by atoms with Crippen LogP contribution in [0.15, 0.2) is 48.5 Å². The third-order valence-electron chi connectivity index (χ3n) is 4.34. The van der Waals surface area contributed by atoms with Crippen molar-refractivity contribution in [3.05, 3.63) is 59.7 Å². The van der Waals surface area contributed by atoms with E-state index in [1.807, 2.05) is 42.5 Å². The number of hydrogen-bond donors (Lipinski definition) is 1. The van der Waals surface area contributed by atoms with Gasteiger partial charge in [-0.05, 0) is 29.7 Å². The molecule has 1 N–H and O–H groups in total. The van der Waals surface area contributed by atoms with E-state index in [-0.39, 0.29) is 19.0 Å². The Morgan fingerprint density at radius 2 is 1.55 bits per heavy atom. The number of amides is 1. The van der Waals surface area contributed by atoms with Crippen LogP contribution in [0.2, 0.25) is 0 Å². The first-order valence-electron chi connectivity index (χ1n) is 9.35. The van der Waals surface area contributed by atoms with Crippen molar-refractivity contribution >= 4 is 11.9 Å². The van der Waals surface area contributed by atoms with Crippen LogP contribution in [-0.2, 0) is 27.3 Å². The number of nitrogens with zero attached hydrogens (tertiary/aromatic N) is 1. The largest absolute Gasteiger partial charge is 0.497 e. The van der Waals surface area contributed by atoms with E-state index < -0.39 is 5.97 Å². The maximum Gasteiger partial charge on any atom is 0.319 e. The zero-order valence-electron chi connectivity index (χ0n) is 17.1. The minimum Gasteiger partial charge on any atom is -0.497 e. The van der Waals surface area contributed by atoms with Crippen molar-refractivity contribution in [3.8, 4) is 11.5 Å². The summed E-state index contributed by atoms with van der Waals surface area (Å²) in [5.74, 6) is 0.728. The number of nitrogens with one attached hydrogen (secondary N) is 1. The quantitative estimate of drug-likeness (QED) is 0.582. The van der Waals surface area contributed by atoms with E-state index in [1.54, 1.807) is 25.2 Å². The molecule has 7 nitrogen and oxygen atoms in total. The molecule has 0 unspecified atom stereocenters. The maximum absolute atomic E-state index is 12.4. The Labute approximate surface area is 171 Å². The number of carbonyl (C=O) groups excluding carboxylic acids is 2. The lowest BCUT2D eigenvalue weighted by molar-refractivity contribution is -0.142. The summed E-state index contributed by atoms with van der Waals surface area (Å²) in [4.78, 5) is 25.9. The molecule has 1 amide bonds. The van der Waals surface area contributed by atoms with Gasteiger partial charge in [0.15, 0.2) is 0 Å². The average Bonchev–Trinajstić information content (AvgIpc) is 2.73. The Balaban J connectivity index is 1.98. The summed E-state index contributed by atoms with van der Waals surface area (Å²) in [7, 11) is 4.48. The molecule has 7 heteroatoms. The van der Waals surface area contributed by atoms with Gasteiger partial charge in [-0.1, -0.05) is 30.3 Å². The minimum absolute atomic E-state index is 0.00211. The molecule has 0 aliphatic rings. The molecule has 0 bridgehead atoms. The summed E-state index contributed by atoms with van der Waals surface area (Å²) in [5.41, 5.74) is 2.02. The fourth-order valence-electron chi connectivity index (χ4n) is 2.88. The van der Waals surface area contributed by atoms with Gasteiger partial charge >= 0.3 is 5.97 Å². The van der Waals surface area contributed by atoms with Crippen molar-refractivity contribution < 1.29 is 23.8 Å². The Kier molecular flexibility index (Phi) is 8.98. The molecule has 0 radical (unpaired) electrons. The zero-order valence-corrected chi connectivity index (χ0v) is 17.1. The fraction of sp³-hybridized carbons (Fsp3) is 0.364. The first kappa shape index (κ1) is 22.2.